The first-order chi connectivity index (χ1) is 48.0. The molecule has 0 saturated carbocycles. The van der Waals surface area contributed by atoms with Crippen molar-refractivity contribution < 1.29 is 86.0 Å². The van der Waals surface area contributed by atoms with Gasteiger partial charge in [-0.1, -0.05) is 86.3 Å². The summed E-state index contributed by atoms with van der Waals surface area (Å²) in [7, 11) is 12.6. The normalized spacial score (nSPS) is 12.0. The molecule has 8 aromatic heterocycles. The van der Waals surface area contributed by atoms with Gasteiger partial charge in [-0.05, 0) is 178 Å². The minimum atomic E-state index is -3.67. The van der Waals surface area contributed by atoms with E-state index in [4.69, 9.17) is 11.3 Å². The number of rotatable bonds is 20. The van der Waals surface area contributed by atoms with E-state index in [2.05, 4.69) is 118 Å². The van der Waals surface area contributed by atoms with Gasteiger partial charge in [0.25, 0.3) is 10.1 Å². The summed E-state index contributed by atoms with van der Waals surface area (Å²) < 4.78 is 104. The number of carbonyl (C=O) groups excluding carboxylic acids is 1. The van der Waals surface area contributed by atoms with Gasteiger partial charge < -0.3 is 32.1 Å². The van der Waals surface area contributed by atoms with Crippen LogP contribution in [0.3, 0.4) is 0 Å². The van der Waals surface area contributed by atoms with Crippen LogP contribution >= 0.6 is 45.3 Å². The van der Waals surface area contributed by atoms with Crippen LogP contribution in [0.4, 0.5) is 17.6 Å². The Hall–Kier alpha value is -6.95. The van der Waals surface area contributed by atoms with Crippen LogP contribution in [-0.2, 0) is 66.7 Å². The molecule has 8 heterocycles. The van der Waals surface area contributed by atoms with E-state index in [-0.39, 0.29) is 62.4 Å². The number of hydrogen-bond acceptors (Lipinski definition) is 18. The predicted octanol–water partition coefficient (Wildman–Crippen LogP) is 13.8. The van der Waals surface area contributed by atoms with Crippen LogP contribution < -0.4 is 18.9 Å². The van der Waals surface area contributed by atoms with Crippen molar-refractivity contribution in [1.82, 2.24) is 39.5 Å². The summed E-state index contributed by atoms with van der Waals surface area (Å²) in [6, 6.07) is 44.1. The molecule has 0 aliphatic rings. The van der Waals surface area contributed by atoms with Crippen molar-refractivity contribution in [3.05, 3.63) is 272 Å². The van der Waals surface area contributed by atoms with Gasteiger partial charge in [0.2, 0.25) is 5.78 Å². The molecule has 0 spiro atoms. The third kappa shape index (κ3) is 24.0. The molecule has 12 rings (SSSR count). The van der Waals surface area contributed by atoms with Crippen LogP contribution in [0, 0.1) is 30.7 Å². The Labute approximate surface area is 639 Å². The summed E-state index contributed by atoms with van der Waals surface area (Å²) in [5.74, 6) is -2.01. The monoisotopic (exact) mass is 1670 g/mol. The molecule has 12 aromatic rings. The number of aliphatic hydroxyl groups is 1. The van der Waals surface area contributed by atoms with E-state index in [0.29, 0.717) is 28.8 Å². The Morgan fingerprint density at radius 1 is 0.524 bits per heavy atom. The summed E-state index contributed by atoms with van der Waals surface area (Å²) >= 11 is 4.91. The second-order valence-corrected chi connectivity index (χ2v) is 31.0. The molecule has 103 heavy (non-hydrogen) atoms. The number of thiophene rings is 4. The maximum atomic E-state index is 14.3. The number of benzene rings is 4. The fraction of sp³-hybridized carbons (Fsp3) is 0.273. The predicted molar refractivity (Wildman–Crippen MR) is 408 cm³/mol. The first-order valence-electron chi connectivity index (χ1n) is 31.8. The number of pyridine rings is 4. The molecule has 0 aliphatic heterocycles. The summed E-state index contributed by atoms with van der Waals surface area (Å²) in [6.45, 7) is 11.5. The van der Waals surface area contributed by atoms with Crippen LogP contribution in [0.5, 0.6) is 0 Å². The van der Waals surface area contributed by atoms with Crippen molar-refractivity contribution in [3.8, 4) is 0 Å². The first-order valence-corrected chi connectivity index (χ1v) is 38.8. The van der Waals surface area contributed by atoms with Gasteiger partial charge in [-0.15, -0.1) is 45.3 Å². The zero-order valence-electron chi connectivity index (χ0n) is 60.0. The molecule has 2 N–H and O–H groups in total. The molecule has 0 amide bonds. The summed E-state index contributed by atoms with van der Waals surface area (Å²) in [6.07, 6.45) is 10.4. The van der Waals surface area contributed by atoms with Crippen molar-refractivity contribution >= 4 is 107 Å². The quantitative estimate of drug-likeness (QED) is 0.0241. The third-order valence-corrected chi connectivity index (χ3v) is 20.7. The zero-order chi connectivity index (χ0) is 73.7. The molecule has 546 valence electrons. The molecule has 2 atom stereocenters. The first kappa shape index (κ1) is 86.7. The van der Waals surface area contributed by atoms with E-state index in [1.807, 2.05) is 100 Å². The van der Waals surface area contributed by atoms with E-state index in [1.54, 1.807) is 65.5 Å². The number of aromatic nitrogens is 4. The number of nitrogens with zero attached hydrogens (tertiary/aromatic N) is 8. The molecular weight excluding hydrogens is 1590 g/mol. The van der Waals surface area contributed by atoms with Crippen LogP contribution in [0.25, 0.3) is 45.9 Å². The van der Waals surface area contributed by atoms with Gasteiger partial charge in [0.1, 0.15) is 40.1 Å². The Morgan fingerprint density at radius 3 is 1.32 bits per heavy atom. The van der Waals surface area contributed by atoms with Crippen molar-refractivity contribution in [2.75, 3.05) is 88.8 Å². The summed E-state index contributed by atoms with van der Waals surface area (Å²) in [5.41, 5.74) is 3.62. The van der Waals surface area contributed by atoms with Gasteiger partial charge in [0.05, 0.1) is 11.9 Å². The van der Waals surface area contributed by atoms with E-state index >= 15 is 0 Å². The van der Waals surface area contributed by atoms with Crippen molar-refractivity contribution in [2.24, 2.45) is 0 Å². The zero-order valence-corrected chi connectivity index (χ0v) is 66.3. The molecule has 0 bridgehead atoms. The Bertz CT molecular complexity index is 4780. The number of ketones is 1. The van der Waals surface area contributed by atoms with Crippen molar-refractivity contribution in [3.63, 3.8) is 0 Å². The summed E-state index contributed by atoms with van der Waals surface area (Å²) in [4.78, 5) is 42.6. The average molecular weight is 1670 g/mol. The molecule has 0 aliphatic carbocycles. The number of hydrogen-bond donors (Lipinski definition) is 2. The van der Waals surface area contributed by atoms with Crippen LogP contribution in [0.15, 0.2) is 177 Å². The maximum absolute atomic E-state index is 14.3. The minimum absolute atomic E-state index is 0. The molecule has 15 nitrogen and oxygen atoms in total. The molecule has 2 unspecified atom stereocenters. The second-order valence-electron chi connectivity index (χ2n) is 24.6. The molecule has 26 heteroatoms. The third-order valence-electron chi connectivity index (χ3n) is 15.7. The number of halogens is 4. The van der Waals surface area contributed by atoms with Gasteiger partial charge in [-0.25, -0.2) is 22.5 Å². The second kappa shape index (κ2) is 41.1. The van der Waals surface area contributed by atoms with Crippen molar-refractivity contribution in [1.29, 1.82) is 0 Å². The van der Waals surface area contributed by atoms with E-state index in [9.17, 15) is 35.9 Å². The van der Waals surface area contributed by atoms with Crippen LogP contribution in [0.2, 0.25) is 0 Å². The van der Waals surface area contributed by atoms with Gasteiger partial charge >= 0.3 is 44.1 Å². The van der Waals surface area contributed by atoms with Crippen molar-refractivity contribution in [2.45, 2.75) is 51.0 Å². The Morgan fingerprint density at radius 2 is 0.864 bits per heavy atom. The SMILES string of the molecule is C=C(c1ncccc1F)c1c(CCN(C)C)sc2ccccc12.CC(c1ncccc1F)c1c(CCN(C)C)sc2ccccc12.CN(C)CCc1sc2ccccc2c1C(=O)c1ncccc1F.CN(C)CCc1sc2ccccc2c1C(C)(O)c1ncccc1F.CS(=O)(=O)O.[CH3-].[HH].[Li+].[O]=[Pt]=[O]. The van der Waals surface area contributed by atoms with Crippen LogP contribution in [-0.4, -0.2) is 152 Å². The number of fused-ring (bicyclic) bond motifs is 4. The fourth-order valence-electron chi connectivity index (χ4n) is 11.1. The standard InChI is InChI=1S/C19H21FN2OS.C19H21FN2S.C19H19FN2S.C18H17FN2OS.CH4O3S.CH3.Li.2O.Pt.H2/c1-19(23,18-14(20)8-6-11-21-18)17-13-7-4-5-9-15(13)24-16(17)10-12-22(2)3;2*1-13(19-15(20)8-6-11-21-19)18-14-7-4-5-9-16(14)23-17(18)10-12-22(2)3;1-21(2)11-9-15-16(12-6-3-4-8-14(12)23-15)18(22)17-13(19)7-5-10-20-17;1-5(2,3)4;;;;;;/h4-9,11,23H,10,12H2,1-3H3;4-9,11,13H,10,12H2,1-3H3;4-9,11H,1,10,12H2,2-3H3;3-8,10H,9,11H2,1-2H3;1H3,(H,2,3,4);1H3;;;;;1H/q;;;;;-1;+1;;;;. The number of likely N-dealkylation sites (N-methyl/N-ethyl adjacent to an activating group) is 4. The molecular formula is C77H87F4LiN8O7PtS5. The molecule has 0 saturated heterocycles. The average Bonchev–Trinajstić information content (AvgIpc) is 1.66. The van der Waals surface area contributed by atoms with Gasteiger partial charge in [0, 0.05) is 130 Å². The van der Waals surface area contributed by atoms with Crippen LogP contribution in [0.1, 0.15) is 90.5 Å². The molecule has 0 fully saturated rings. The molecule has 0 radical (unpaired) electrons. The molecule has 4 aromatic carbocycles. The van der Waals surface area contributed by atoms with E-state index in [0.717, 1.165) is 98.3 Å². The van der Waals surface area contributed by atoms with Gasteiger partial charge in [0.15, 0.2) is 5.82 Å². The Balaban J connectivity index is 0.000000281. The van der Waals surface area contributed by atoms with Gasteiger partial charge in [-0.3, -0.25) is 24.3 Å². The topological polar surface area (TPSA) is 190 Å². The van der Waals surface area contributed by atoms with E-state index in [1.165, 1.54) is 78.9 Å². The van der Waals surface area contributed by atoms with Gasteiger partial charge in [-0.2, -0.15) is 8.42 Å². The summed E-state index contributed by atoms with van der Waals surface area (Å²) in [5, 5.41) is 15.5. The Kier molecular flexibility index (Phi) is 34.6. The fourth-order valence-corrected chi connectivity index (χ4v) is 16.1. The number of carbonyl (C=O) groups is 1. The van der Waals surface area contributed by atoms with E-state index < -0.39 is 45.8 Å².